The molecule has 0 saturated heterocycles. The highest BCUT2D eigenvalue weighted by atomic mass is 79.9. The van der Waals surface area contributed by atoms with E-state index < -0.39 is 0 Å². The summed E-state index contributed by atoms with van der Waals surface area (Å²) in [6.07, 6.45) is 1.65. The number of nitrogens with zero attached hydrogens (tertiary/aromatic N) is 2. The normalized spacial score (nSPS) is 10.1. The van der Waals surface area contributed by atoms with Crippen LogP contribution < -0.4 is 16.0 Å². The van der Waals surface area contributed by atoms with Crippen LogP contribution in [0.2, 0.25) is 0 Å². The van der Waals surface area contributed by atoms with Crippen LogP contribution in [0.25, 0.3) is 11.4 Å². The molecule has 0 unspecified atom stereocenters. The Morgan fingerprint density at radius 1 is 1.35 bits per heavy atom. The van der Waals surface area contributed by atoms with Gasteiger partial charge in [0.25, 0.3) is 0 Å². The van der Waals surface area contributed by atoms with Crippen molar-refractivity contribution in [2.24, 2.45) is 5.84 Å². The van der Waals surface area contributed by atoms with Crippen molar-refractivity contribution in [2.45, 2.75) is 0 Å². The SMILES string of the molecule is COc1ccc(-c2nccc(NN)n2)cc1Br. The summed E-state index contributed by atoms with van der Waals surface area (Å²) in [7, 11) is 1.62. The lowest BCUT2D eigenvalue weighted by atomic mass is 10.2. The number of anilines is 1. The lowest BCUT2D eigenvalue weighted by Gasteiger charge is -2.06. The quantitative estimate of drug-likeness (QED) is 0.671. The number of benzene rings is 1. The summed E-state index contributed by atoms with van der Waals surface area (Å²) < 4.78 is 6.01. The molecule has 0 atom stereocenters. The second kappa shape index (κ2) is 5.11. The van der Waals surface area contributed by atoms with Crippen molar-refractivity contribution in [2.75, 3.05) is 12.5 Å². The van der Waals surface area contributed by atoms with Crippen LogP contribution in [0.1, 0.15) is 0 Å². The van der Waals surface area contributed by atoms with Gasteiger partial charge in [-0.2, -0.15) is 0 Å². The first-order valence-electron chi connectivity index (χ1n) is 4.88. The summed E-state index contributed by atoms with van der Waals surface area (Å²) in [6, 6.07) is 7.33. The smallest absolute Gasteiger partial charge is 0.161 e. The maximum Gasteiger partial charge on any atom is 0.161 e. The molecular formula is C11H11BrN4O. The molecule has 0 saturated carbocycles. The summed E-state index contributed by atoms with van der Waals surface area (Å²) in [4.78, 5) is 8.44. The van der Waals surface area contributed by atoms with Crippen LogP contribution in [0.5, 0.6) is 5.75 Å². The predicted molar refractivity (Wildman–Crippen MR) is 69.5 cm³/mol. The monoisotopic (exact) mass is 294 g/mol. The minimum absolute atomic E-state index is 0.571. The molecule has 2 aromatic rings. The van der Waals surface area contributed by atoms with Crippen molar-refractivity contribution in [3.63, 3.8) is 0 Å². The Morgan fingerprint density at radius 3 is 2.82 bits per heavy atom. The molecule has 0 radical (unpaired) electrons. The average Bonchev–Trinajstić information content (AvgIpc) is 2.38. The number of hydrogen-bond acceptors (Lipinski definition) is 5. The molecule has 0 spiro atoms. The van der Waals surface area contributed by atoms with Crippen LogP contribution in [-0.4, -0.2) is 17.1 Å². The number of hydrogen-bond donors (Lipinski definition) is 2. The van der Waals surface area contributed by atoms with Crippen LogP contribution in [0.4, 0.5) is 5.82 Å². The van der Waals surface area contributed by atoms with E-state index in [-0.39, 0.29) is 0 Å². The molecule has 1 aromatic heterocycles. The molecule has 5 nitrogen and oxygen atoms in total. The second-order valence-electron chi connectivity index (χ2n) is 3.26. The zero-order chi connectivity index (χ0) is 12.3. The zero-order valence-electron chi connectivity index (χ0n) is 9.14. The molecule has 0 aliphatic heterocycles. The van der Waals surface area contributed by atoms with Crippen LogP contribution in [0, 0.1) is 0 Å². The number of nitrogens with two attached hydrogens (primary N) is 1. The number of methoxy groups -OCH3 is 1. The molecule has 0 aliphatic rings. The lowest BCUT2D eigenvalue weighted by molar-refractivity contribution is 0.412. The molecule has 6 heteroatoms. The van der Waals surface area contributed by atoms with Gasteiger partial charge in [0.05, 0.1) is 11.6 Å². The fraction of sp³-hybridized carbons (Fsp3) is 0.0909. The van der Waals surface area contributed by atoms with Crippen molar-refractivity contribution >= 4 is 21.7 Å². The van der Waals surface area contributed by atoms with E-state index in [1.807, 2.05) is 18.2 Å². The van der Waals surface area contributed by atoms with Gasteiger partial charge in [-0.3, -0.25) is 0 Å². The van der Waals surface area contributed by atoms with Crippen LogP contribution in [-0.2, 0) is 0 Å². The van der Waals surface area contributed by atoms with E-state index >= 15 is 0 Å². The minimum Gasteiger partial charge on any atom is -0.496 e. The topological polar surface area (TPSA) is 73.1 Å². The number of nitrogens with one attached hydrogen (secondary N) is 1. The number of ether oxygens (including phenoxy) is 1. The van der Waals surface area contributed by atoms with Crippen molar-refractivity contribution in [1.82, 2.24) is 9.97 Å². The summed E-state index contributed by atoms with van der Waals surface area (Å²) >= 11 is 3.42. The molecule has 17 heavy (non-hydrogen) atoms. The Labute approximate surface area is 107 Å². The first-order valence-corrected chi connectivity index (χ1v) is 5.67. The lowest BCUT2D eigenvalue weighted by Crippen LogP contribution is -2.09. The number of aromatic nitrogens is 2. The molecule has 0 amide bonds. The third-order valence-electron chi connectivity index (χ3n) is 2.21. The fourth-order valence-corrected chi connectivity index (χ4v) is 1.92. The average molecular weight is 295 g/mol. The van der Waals surface area contributed by atoms with Gasteiger partial charge in [0.2, 0.25) is 0 Å². The molecule has 0 bridgehead atoms. The van der Waals surface area contributed by atoms with Gasteiger partial charge in [-0.1, -0.05) is 0 Å². The highest BCUT2D eigenvalue weighted by molar-refractivity contribution is 9.10. The molecule has 1 heterocycles. The van der Waals surface area contributed by atoms with E-state index in [0.29, 0.717) is 11.6 Å². The summed E-state index contributed by atoms with van der Waals surface area (Å²) in [5, 5.41) is 0. The van der Waals surface area contributed by atoms with Crippen LogP contribution in [0.15, 0.2) is 34.9 Å². The van der Waals surface area contributed by atoms with Crippen LogP contribution >= 0.6 is 15.9 Å². The van der Waals surface area contributed by atoms with E-state index in [1.54, 1.807) is 19.4 Å². The van der Waals surface area contributed by atoms with Gasteiger partial charge in [-0.05, 0) is 34.1 Å². The van der Waals surface area contributed by atoms with Crippen molar-refractivity contribution in [1.29, 1.82) is 0 Å². The molecule has 2 rings (SSSR count). The van der Waals surface area contributed by atoms with Crippen molar-refractivity contribution < 1.29 is 4.74 Å². The summed E-state index contributed by atoms with van der Waals surface area (Å²) in [5.41, 5.74) is 3.37. The standard InChI is InChI=1S/C11H11BrN4O/c1-17-9-3-2-7(6-8(9)12)11-14-5-4-10(15-11)16-13/h2-6H,13H2,1H3,(H,14,15,16). The Kier molecular flexibility index (Phi) is 3.55. The van der Waals surface area contributed by atoms with Crippen molar-refractivity contribution in [3.8, 4) is 17.1 Å². The molecule has 1 aromatic carbocycles. The van der Waals surface area contributed by atoms with Gasteiger partial charge in [-0.25, -0.2) is 15.8 Å². The maximum absolute atomic E-state index is 5.30. The third-order valence-corrected chi connectivity index (χ3v) is 2.83. The Balaban J connectivity index is 2.42. The Morgan fingerprint density at radius 2 is 2.18 bits per heavy atom. The zero-order valence-corrected chi connectivity index (χ0v) is 10.7. The predicted octanol–water partition coefficient (Wildman–Crippen LogP) is 2.20. The van der Waals surface area contributed by atoms with E-state index in [4.69, 9.17) is 10.6 Å². The fourth-order valence-electron chi connectivity index (χ4n) is 1.38. The molecule has 0 fully saturated rings. The number of hydrazine groups is 1. The number of rotatable bonds is 3. The Hall–Kier alpha value is -1.66. The van der Waals surface area contributed by atoms with E-state index in [2.05, 4.69) is 31.3 Å². The molecular weight excluding hydrogens is 284 g/mol. The Bertz CT molecular complexity index is 533. The third kappa shape index (κ3) is 2.54. The molecule has 88 valence electrons. The highest BCUT2D eigenvalue weighted by Gasteiger charge is 2.06. The largest absolute Gasteiger partial charge is 0.496 e. The van der Waals surface area contributed by atoms with E-state index in [0.717, 1.165) is 15.8 Å². The van der Waals surface area contributed by atoms with E-state index in [1.165, 1.54) is 0 Å². The summed E-state index contributed by atoms with van der Waals surface area (Å²) in [5.74, 6) is 7.24. The van der Waals surface area contributed by atoms with Gasteiger partial charge >= 0.3 is 0 Å². The second-order valence-corrected chi connectivity index (χ2v) is 4.11. The van der Waals surface area contributed by atoms with Gasteiger partial charge in [-0.15, -0.1) is 0 Å². The first kappa shape index (κ1) is 11.8. The van der Waals surface area contributed by atoms with Gasteiger partial charge in [0.1, 0.15) is 11.6 Å². The van der Waals surface area contributed by atoms with Crippen LogP contribution in [0.3, 0.4) is 0 Å². The van der Waals surface area contributed by atoms with Crippen molar-refractivity contribution in [3.05, 3.63) is 34.9 Å². The minimum atomic E-state index is 0.571. The number of nitrogen functional groups attached to an aromatic ring is 1. The van der Waals surface area contributed by atoms with Gasteiger partial charge in [0.15, 0.2) is 5.82 Å². The van der Waals surface area contributed by atoms with E-state index in [9.17, 15) is 0 Å². The molecule has 3 N–H and O–H groups in total. The van der Waals surface area contributed by atoms with Gasteiger partial charge < -0.3 is 10.2 Å². The first-order chi connectivity index (χ1) is 8.24. The highest BCUT2D eigenvalue weighted by Crippen LogP contribution is 2.29. The van der Waals surface area contributed by atoms with Gasteiger partial charge in [0, 0.05) is 17.8 Å². The number of halogens is 1. The summed E-state index contributed by atoms with van der Waals surface area (Å²) in [6.45, 7) is 0. The maximum atomic E-state index is 5.30. The molecule has 0 aliphatic carbocycles.